The number of hydrogen-bond acceptors (Lipinski definition) is 5. The van der Waals surface area contributed by atoms with E-state index in [-0.39, 0.29) is 23.9 Å². The summed E-state index contributed by atoms with van der Waals surface area (Å²) in [6.45, 7) is 7.79. The molecule has 3 aromatic carbocycles. The zero-order valence-corrected chi connectivity index (χ0v) is 22.7. The van der Waals surface area contributed by atoms with Crippen LogP contribution in [-0.2, 0) is 17.8 Å². The van der Waals surface area contributed by atoms with Crippen LogP contribution in [0.3, 0.4) is 0 Å². The number of phenolic OH excluding ortho intramolecular Hbond substituents is 1. The molecule has 0 atom stereocenters. The summed E-state index contributed by atoms with van der Waals surface area (Å²) in [4.78, 5) is 26.2. The van der Waals surface area contributed by atoms with Gasteiger partial charge in [0.15, 0.2) is 0 Å². The quantitative estimate of drug-likeness (QED) is 0.268. The van der Waals surface area contributed by atoms with Crippen LogP contribution in [0.5, 0.6) is 17.2 Å². The van der Waals surface area contributed by atoms with Gasteiger partial charge in [-0.15, -0.1) is 0 Å². The molecule has 0 saturated carbocycles. The van der Waals surface area contributed by atoms with Gasteiger partial charge in [0, 0.05) is 52.4 Å². The number of amides is 1. The molecule has 0 aliphatic carbocycles. The smallest absolute Gasteiger partial charge is 0.255 e. The number of rotatable bonds is 10. The molecule has 0 saturated heterocycles. The summed E-state index contributed by atoms with van der Waals surface area (Å²) in [5.41, 5.74) is 5.17. The molecule has 0 unspecified atom stereocenters. The zero-order chi connectivity index (χ0) is 27.4. The number of aryl methyl sites for hydroxylation is 2. The minimum atomic E-state index is -0.307. The van der Waals surface area contributed by atoms with Crippen molar-refractivity contribution in [3.63, 3.8) is 0 Å². The second-order valence-corrected chi connectivity index (χ2v) is 10.0. The molecule has 38 heavy (non-hydrogen) atoms. The van der Waals surface area contributed by atoms with E-state index in [9.17, 15) is 14.7 Å². The number of phenols is 1. The maximum absolute atomic E-state index is 12.7. The predicted molar refractivity (Wildman–Crippen MR) is 152 cm³/mol. The lowest BCUT2D eigenvalue weighted by Gasteiger charge is -2.12. The van der Waals surface area contributed by atoms with Crippen LogP contribution in [0.25, 0.3) is 10.9 Å². The summed E-state index contributed by atoms with van der Waals surface area (Å²) in [6.07, 6.45) is 1.23. The maximum atomic E-state index is 12.7. The summed E-state index contributed by atoms with van der Waals surface area (Å²) in [5, 5.41) is 14.1. The average molecular weight is 514 g/mol. The summed E-state index contributed by atoms with van der Waals surface area (Å²) >= 11 is 0. The van der Waals surface area contributed by atoms with Gasteiger partial charge < -0.3 is 24.6 Å². The molecule has 0 spiro atoms. The molecule has 0 bridgehead atoms. The van der Waals surface area contributed by atoms with E-state index in [4.69, 9.17) is 4.74 Å². The first-order valence-electron chi connectivity index (χ1n) is 12.8. The molecule has 1 amide bonds. The number of carbonyl (C=O) groups is 2. The third-order valence-corrected chi connectivity index (χ3v) is 6.73. The molecule has 0 aliphatic heterocycles. The normalized spacial score (nSPS) is 11.2. The monoisotopic (exact) mass is 513 g/mol. The van der Waals surface area contributed by atoms with Crippen LogP contribution in [0.1, 0.15) is 40.5 Å². The Morgan fingerprint density at radius 3 is 2.34 bits per heavy atom. The number of anilines is 1. The van der Waals surface area contributed by atoms with E-state index in [0.717, 1.165) is 25.3 Å². The van der Waals surface area contributed by atoms with Crippen LogP contribution >= 0.6 is 0 Å². The lowest BCUT2D eigenvalue weighted by Crippen LogP contribution is -2.15. The van der Waals surface area contributed by atoms with Gasteiger partial charge in [-0.3, -0.25) is 9.59 Å². The lowest BCUT2D eigenvalue weighted by atomic mass is 10.1. The third-order valence-electron chi connectivity index (χ3n) is 6.73. The van der Waals surface area contributed by atoms with E-state index in [0.29, 0.717) is 22.6 Å². The number of nitrogens with one attached hydrogen (secondary N) is 1. The van der Waals surface area contributed by atoms with Crippen LogP contribution in [0.15, 0.2) is 60.7 Å². The minimum Gasteiger partial charge on any atom is -0.508 e. The molecule has 2 N–H and O–H groups in total. The SMILES string of the molecule is CC(=O)Cc1ccc(NC(=O)c2ccc(Oc3ccc4c(c3)c(C)c(C)n4CCCN(C)C)cc2)cc1O. The number of Topliss-reactive ketones (excluding diaryl/α,β-unsaturated/α-hetero) is 1. The Morgan fingerprint density at radius 1 is 0.974 bits per heavy atom. The molecule has 4 aromatic rings. The van der Waals surface area contributed by atoms with Crippen molar-refractivity contribution in [2.75, 3.05) is 26.0 Å². The molecular formula is C31H35N3O4. The van der Waals surface area contributed by atoms with E-state index in [1.165, 1.54) is 35.2 Å². The molecule has 7 nitrogen and oxygen atoms in total. The predicted octanol–water partition coefficient (Wildman–Crippen LogP) is 6.09. The molecule has 4 rings (SSSR count). The van der Waals surface area contributed by atoms with Gasteiger partial charge in [0.1, 0.15) is 23.0 Å². The summed E-state index contributed by atoms with van der Waals surface area (Å²) in [7, 11) is 4.19. The van der Waals surface area contributed by atoms with Crippen molar-refractivity contribution < 1.29 is 19.4 Å². The van der Waals surface area contributed by atoms with Crippen molar-refractivity contribution in [2.24, 2.45) is 0 Å². The van der Waals surface area contributed by atoms with Gasteiger partial charge in [-0.05, 0) is 102 Å². The highest BCUT2D eigenvalue weighted by atomic mass is 16.5. The first kappa shape index (κ1) is 26.9. The van der Waals surface area contributed by atoms with Gasteiger partial charge >= 0.3 is 0 Å². The minimum absolute atomic E-state index is 0.0203. The number of benzene rings is 3. The molecule has 7 heteroatoms. The topological polar surface area (TPSA) is 83.8 Å². The second-order valence-electron chi connectivity index (χ2n) is 10.0. The number of aromatic hydroxyl groups is 1. The Balaban J connectivity index is 1.43. The van der Waals surface area contributed by atoms with Gasteiger partial charge in [-0.2, -0.15) is 0 Å². The van der Waals surface area contributed by atoms with Crippen LogP contribution < -0.4 is 10.1 Å². The highest BCUT2D eigenvalue weighted by molar-refractivity contribution is 6.04. The number of nitrogens with zero attached hydrogens (tertiary/aromatic N) is 2. The number of fused-ring (bicyclic) bond motifs is 1. The summed E-state index contributed by atoms with van der Waals surface area (Å²) in [6, 6.07) is 17.8. The van der Waals surface area contributed by atoms with Crippen molar-refractivity contribution in [2.45, 2.75) is 40.2 Å². The van der Waals surface area contributed by atoms with Crippen molar-refractivity contribution >= 4 is 28.3 Å². The Hall–Kier alpha value is -4.10. The van der Waals surface area contributed by atoms with Crippen molar-refractivity contribution in [3.8, 4) is 17.2 Å². The fourth-order valence-electron chi connectivity index (χ4n) is 4.60. The van der Waals surface area contributed by atoms with E-state index in [2.05, 4.69) is 54.9 Å². The molecule has 0 fully saturated rings. The molecule has 0 aliphatic rings. The fraction of sp³-hybridized carbons (Fsp3) is 0.290. The first-order valence-corrected chi connectivity index (χ1v) is 12.8. The Kier molecular flexibility index (Phi) is 8.17. The lowest BCUT2D eigenvalue weighted by molar-refractivity contribution is -0.116. The maximum Gasteiger partial charge on any atom is 0.255 e. The van der Waals surface area contributed by atoms with Crippen molar-refractivity contribution in [3.05, 3.63) is 83.0 Å². The highest BCUT2D eigenvalue weighted by Gasteiger charge is 2.13. The van der Waals surface area contributed by atoms with E-state index < -0.39 is 0 Å². The fourth-order valence-corrected chi connectivity index (χ4v) is 4.60. The van der Waals surface area contributed by atoms with E-state index in [1.54, 1.807) is 36.4 Å². The van der Waals surface area contributed by atoms with E-state index >= 15 is 0 Å². The zero-order valence-electron chi connectivity index (χ0n) is 22.7. The van der Waals surface area contributed by atoms with Crippen LogP contribution in [0.2, 0.25) is 0 Å². The van der Waals surface area contributed by atoms with Crippen molar-refractivity contribution in [1.82, 2.24) is 9.47 Å². The van der Waals surface area contributed by atoms with Crippen LogP contribution in [0, 0.1) is 13.8 Å². The molecule has 198 valence electrons. The van der Waals surface area contributed by atoms with Gasteiger partial charge in [-0.1, -0.05) is 6.07 Å². The molecule has 1 aromatic heterocycles. The second kappa shape index (κ2) is 11.5. The summed E-state index contributed by atoms with van der Waals surface area (Å²) in [5.74, 6) is 1.00. The van der Waals surface area contributed by atoms with Crippen LogP contribution in [-0.4, -0.2) is 46.9 Å². The Morgan fingerprint density at radius 2 is 1.68 bits per heavy atom. The van der Waals surface area contributed by atoms with Gasteiger partial charge in [0.2, 0.25) is 0 Å². The number of ketones is 1. The van der Waals surface area contributed by atoms with Gasteiger partial charge in [-0.25, -0.2) is 0 Å². The Bertz CT molecular complexity index is 1470. The number of aromatic nitrogens is 1. The van der Waals surface area contributed by atoms with Gasteiger partial charge in [0.25, 0.3) is 5.91 Å². The van der Waals surface area contributed by atoms with Gasteiger partial charge in [0.05, 0.1) is 0 Å². The third kappa shape index (κ3) is 6.23. The number of hydrogen-bond donors (Lipinski definition) is 2. The van der Waals surface area contributed by atoms with Crippen LogP contribution in [0.4, 0.5) is 5.69 Å². The van der Waals surface area contributed by atoms with Crippen molar-refractivity contribution in [1.29, 1.82) is 0 Å². The first-order chi connectivity index (χ1) is 18.1. The molecule has 0 radical (unpaired) electrons. The molecule has 1 heterocycles. The largest absolute Gasteiger partial charge is 0.508 e. The standard InChI is InChI=1S/C31H35N3O4/c1-20(35)17-24-7-10-25(18-30(24)36)32-31(37)23-8-11-26(12-9-23)38-27-13-14-29-28(19-27)21(2)22(3)34(29)16-6-15-33(4)5/h7-14,18-19,36H,6,15-17H2,1-5H3,(H,32,37). The average Bonchev–Trinajstić information content (AvgIpc) is 3.10. The number of ether oxygens (including phenoxy) is 1. The van der Waals surface area contributed by atoms with E-state index in [1.807, 2.05) is 6.07 Å². The Labute approximate surface area is 223 Å². The highest BCUT2D eigenvalue weighted by Crippen LogP contribution is 2.31. The number of carbonyl (C=O) groups excluding carboxylic acids is 2. The summed E-state index contributed by atoms with van der Waals surface area (Å²) < 4.78 is 8.49. The molecular weight excluding hydrogens is 478 g/mol.